The molecule has 4 aliphatic rings. The lowest BCUT2D eigenvalue weighted by Gasteiger charge is -2.61. The number of urea groups is 1. The summed E-state index contributed by atoms with van der Waals surface area (Å²) >= 11 is 5.98. The molecule has 2 unspecified atom stereocenters. The van der Waals surface area contributed by atoms with Crippen LogP contribution in [0.15, 0.2) is 23.3 Å². The summed E-state index contributed by atoms with van der Waals surface area (Å²) in [5, 5.41) is 13.4. The number of piperidine rings is 1. The number of anilines is 1. The number of fused-ring (bicyclic) bond motifs is 5. The van der Waals surface area contributed by atoms with E-state index in [-0.39, 0.29) is 17.0 Å². The number of alkyl halides is 3. The van der Waals surface area contributed by atoms with Gasteiger partial charge in [-0.15, -0.1) is 0 Å². The summed E-state index contributed by atoms with van der Waals surface area (Å²) in [5.41, 5.74) is 1.61. The van der Waals surface area contributed by atoms with Crippen LogP contribution in [0.1, 0.15) is 71.9 Å². The standard InChI is InChI=1S/C27H35ClF3N3O2/c1-14-12-16-17-6-5-10-25(17,3)11-9-18(16)26(4)13-34(23(35)15(2)21(14)26)24(36)32-19-7-8-20(27(29,30)31)33-22(19)28/h7-8,15-18,23,35H,5-6,9-13H2,1-4H3,(H,32,36)/t15?,16-,17-,18+,23?,25-,26+/m0/s1. The molecule has 1 saturated heterocycles. The van der Waals surface area contributed by atoms with Crippen molar-refractivity contribution in [3.63, 3.8) is 0 Å². The number of hydrogen-bond acceptors (Lipinski definition) is 3. The Morgan fingerprint density at radius 2 is 1.94 bits per heavy atom. The summed E-state index contributed by atoms with van der Waals surface area (Å²) in [6.45, 7) is 9.21. The number of carbonyl (C=O) groups is 1. The van der Waals surface area contributed by atoms with Crippen LogP contribution >= 0.6 is 11.6 Å². The van der Waals surface area contributed by atoms with Gasteiger partial charge in [-0.05, 0) is 74.3 Å². The molecular formula is C27H35ClF3N3O2. The van der Waals surface area contributed by atoms with E-state index in [9.17, 15) is 23.1 Å². The van der Waals surface area contributed by atoms with Crippen molar-refractivity contribution >= 4 is 23.3 Å². The Bertz CT molecular complexity index is 1110. The van der Waals surface area contributed by atoms with Gasteiger partial charge >= 0.3 is 12.2 Å². The van der Waals surface area contributed by atoms with E-state index in [0.29, 0.717) is 29.7 Å². The number of nitrogens with zero attached hydrogens (tertiary/aromatic N) is 2. The van der Waals surface area contributed by atoms with Crippen LogP contribution in [0.3, 0.4) is 0 Å². The fraction of sp³-hybridized carbons (Fsp3) is 0.704. The van der Waals surface area contributed by atoms with Crippen LogP contribution in [0.25, 0.3) is 0 Å². The van der Waals surface area contributed by atoms with Crippen LogP contribution < -0.4 is 5.32 Å². The Morgan fingerprint density at radius 3 is 2.61 bits per heavy atom. The summed E-state index contributed by atoms with van der Waals surface area (Å²) in [6.07, 6.45) is 1.52. The minimum atomic E-state index is -4.63. The van der Waals surface area contributed by atoms with E-state index in [2.05, 4.69) is 31.1 Å². The Morgan fingerprint density at radius 1 is 1.22 bits per heavy atom. The number of likely N-dealkylation sites (tertiary alicyclic amines) is 1. The Labute approximate surface area is 215 Å². The maximum absolute atomic E-state index is 13.4. The topological polar surface area (TPSA) is 65.5 Å². The fourth-order valence-electron chi connectivity index (χ4n) is 8.55. The lowest BCUT2D eigenvalue weighted by molar-refractivity contribution is -0.141. The first-order valence-corrected chi connectivity index (χ1v) is 13.3. The molecule has 2 N–H and O–H groups in total. The van der Waals surface area contributed by atoms with Crippen LogP contribution in [0.2, 0.25) is 5.15 Å². The number of amides is 2. The zero-order valence-corrected chi connectivity index (χ0v) is 22.0. The molecule has 1 aromatic rings. The first-order valence-electron chi connectivity index (χ1n) is 13.0. The third kappa shape index (κ3) is 3.94. The van der Waals surface area contributed by atoms with Crippen LogP contribution in [0.5, 0.6) is 0 Å². The smallest absolute Gasteiger partial charge is 0.373 e. The van der Waals surface area contributed by atoms with E-state index in [1.807, 2.05) is 6.92 Å². The number of pyridine rings is 1. The van der Waals surface area contributed by atoms with Crippen LogP contribution in [-0.2, 0) is 6.18 Å². The molecule has 7 atom stereocenters. The second-order valence-electron chi connectivity index (χ2n) is 12.1. The molecule has 0 radical (unpaired) electrons. The number of hydrogen-bond donors (Lipinski definition) is 2. The van der Waals surface area contributed by atoms with Gasteiger partial charge in [-0.25, -0.2) is 9.78 Å². The van der Waals surface area contributed by atoms with Gasteiger partial charge in [0.15, 0.2) is 5.15 Å². The van der Waals surface area contributed by atoms with Crippen molar-refractivity contribution in [2.45, 2.75) is 78.6 Å². The monoisotopic (exact) mass is 525 g/mol. The molecule has 3 fully saturated rings. The average Bonchev–Trinajstić information content (AvgIpc) is 3.19. The number of aromatic nitrogens is 1. The highest BCUT2D eigenvalue weighted by molar-refractivity contribution is 6.32. The molecule has 2 heterocycles. The lowest BCUT2D eigenvalue weighted by atomic mass is 9.47. The molecular weight excluding hydrogens is 491 g/mol. The first-order chi connectivity index (χ1) is 16.8. The molecule has 5 rings (SSSR count). The average molecular weight is 526 g/mol. The lowest BCUT2D eigenvalue weighted by Crippen LogP contribution is -2.62. The van der Waals surface area contributed by atoms with Gasteiger partial charge in [0, 0.05) is 17.9 Å². The molecule has 1 aliphatic heterocycles. The van der Waals surface area contributed by atoms with Crippen molar-refractivity contribution < 1.29 is 23.1 Å². The van der Waals surface area contributed by atoms with Crippen molar-refractivity contribution in [2.75, 3.05) is 11.9 Å². The van der Waals surface area contributed by atoms with E-state index in [0.717, 1.165) is 25.0 Å². The number of carbonyl (C=O) groups excluding carboxylic acids is 1. The van der Waals surface area contributed by atoms with E-state index >= 15 is 0 Å². The van der Waals surface area contributed by atoms with Gasteiger partial charge in [-0.2, -0.15) is 13.2 Å². The van der Waals surface area contributed by atoms with Crippen molar-refractivity contribution in [3.05, 3.63) is 34.1 Å². The number of nitrogens with one attached hydrogen (secondary N) is 1. The van der Waals surface area contributed by atoms with E-state index < -0.39 is 29.3 Å². The SMILES string of the molecule is CC1=C2C(C)C(O)N(C(=O)Nc3ccc(C(F)(F)F)nc3Cl)C[C@]2(C)[C@@H]2CC[C@]3(C)CCC[C@H]3[C@@H]2C1. The van der Waals surface area contributed by atoms with Gasteiger partial charge in [0.2, 0.25) is 0 Å². The predicted molar refractivity (Wildman–Crippen MR) is 132 cm³/mol. The Kier molecular flexibility index (Phi) is 6.18. The molecule has 9 heteroatoms. The molecule has 3 aliphatic carbocycles. The molecule has 198 valence electrons. The number of aliphatic hydroxyl groups is 1. The fourth-order valence-corrected chi connectivity index (χ4v) is 8.75. The van der Waals surface area contributed by atoms with Gasteiger partial charge in [0.05, 0.1) is 5.69 Å². The number of aliphatic hydroxyl groups excluding tert-OH is 1. The van der Waals surface area contributed by atoms with Gasteiger partial charge in [-0.1, -0.05) is 49.9 Å². The normalized spacial score (nSPS) is 38.4. The molecule has 5 nitrogen and oxygen atoms in total. The van der Waals surface area contributed by atoms with E-state index in [1.165, 1.54) is 41.7 Å². The van der Waals surface area contributed by atoms with Crippen LogP contribution in [0, 0.1) is 34.5 Å². The van der Waals surface area contributed by atoms with Crippen molar-refractivity contribution in [2.24, 2.45) is 34.5 Å². The predicted octanol–water partition coefficient (Wildman–Crippen LogP) is 7.11. The van der Waals surface area contributed by atoms with Gasteiger partial charge < -0.3 is 10.4 Å². The van der Waals surface area contributed by atoms with Crippen molar-refractivity contribution in [3.8, 4) is 0 Å². The molecule has 0 bridgehead atoms. The number of allylic oxidation sites excluding steroid dienone is 1. The summed E-state index contributed by atoms with van der Waals surface area (Å²) in [4.78, 5) is 18.2. The Balaban J connectivity index is 1.43. The second kappa shape index (κ2) is 8.62. The highest BCUT2D eigenvalue weighted by Crippen LogP contribution is 2.65. The van der Waals surface area contributed by atoms with Crippen molar-refractivity contribution in [1.29, 1.82) is 0 Å². The third-order valence-corrected chi connectivity index (χ3v) is 10.3. The molecule has 2 amide bonds. The summed E-state index contributed by atoms with van der Waals surface area (Å²) in [6, 6.07) is 1.31. The van der Waals surface area contributed by atoms with Gasteiger partial charge in [0.25, 0.3) is 0 Å². The molecule has 1 aromatic heterocycles. The minimum absolute atomic E-state index is 0.0156. The van der Waals surface area contributed by atoms with Crippen LogP contribution in [-0.4, -0.2) is 33.8 Å². The molecule has 36 heavy (non-hydrogen) atoms. The number of halogens is 4. The number of rotatable bonds is 1. The third-order valence-electron chi connectivity index (χ3n) is 10.0. The summed E-state index contributed by atoms with van der Waals surface area (Å²) < 4.78 is 38.9. The molecule has 2 saturated carbocycles. The van der Waals surface area contributed by atoms with E-state index in [1.54, 1.807) is 0 Å². The first kappa shape index (κ1) is 25.8. The maximum atomic E-state index is 13.4. The second-order valence-corrected chi connectivity index (χ2v) is 12.4. The zero-order valence-electron chi connectivity index (χ0n) is 21.3. The highest BCUT2D eigenvalue weighted by atomic mass is 35.5. The zero-order chi connectivity index (χ0) is 26.2. The van der Waals surface area contributed by atoms with Crippen LogP contribution in [0.4, 0.5) is 23.7 Å². The van der Waals surface area contributed by atoms with Gasteiger partial charge in [0.1, 0.15) is 11.9 Å². The summed E-state index contributed by atoms with van der Waals surface area (Å²) in [5.74, 6) is 1.44. The maximum Gasteiger partial charge on any atom is 0.433 e. The highest BCUT2D eigenvalue weighted by Gasteiger charge is 2.59. The largest absolute Gasteiger partial charge is 0.433 e. The molecule has 0 spiro atoms. The molecule has 0 aromatic carbocycles. The quantitative estimate of drug-likeness (QED) is 0.303. The van der Waals surface area contributed by atoms with Gasteiger partial charge in [-0.3, -0.25) is 4.90 Å². The van der Waals surface area contributed by atoms with Crippen molar-refractivity contribution in [1.82, 2.24) is 9.88 Å². The Hall–Kier alpha value is -1.80. The van der Waals surface area contributed by atoms with E-state index in [4.69, 9.17) is 11.6 Å². The summed E-state index contributed by atoms with van der Waals surface area (Å²) in [7, 11) is 0. The minimum Gasteiger partial charge on any atom is -0.373 e.